The van der Waals surface area contributed by atoms with Crippen molar-refractivity contribution >= 4 is 21.7 Å². The van der Waals surface area contributed by atoms with Crippen LogP contribution in [-0.2, 0) is 17.8 Å². The number of hydrogen-bond acceptors (Lipinski definition) is 3. The highest BCUT2D eigenvalue weighted by Crippen LogP contribution is 2.21. The lowest BCUT2D eigenvalue weighted by atomic mass is 10.2. The Labute approximate surface area is 126 Å². The van der Waals surface area contributed by atoms with Crippen molar-refractivity contribution in [1.82, 2.24) is 9.78 Å². The molecule has 0 saturated heterocycles. The first-order chi connectivity index (χ1) is 9.61. The molecule has 1 aromatic heterocycles. The minimum Gasteiger partial charge on any atom is -0.486 e. The maximum absolute atomic E-state index is 12.0. The second kappa shape index (κ2) is 6.70. The Hall–Kier alpha value is -1.62. The van der Waals surface area contributed by atoms with E-state index in [0.717, 1.165) is 22.4 Å². The summed E-state index contributed by atoms with van der Waals surface area (Å²) in [7, 11) is 0. The molecule has 0 unspecified atom stereocenters. The molecule has 0 aliphatic rings. The Morgan fingerprint density at radius 3 is 2.70 bits per heavy atom. The standard InChI is InChI=1S/C15H17BrN2O2/c1-3-18-14(15(16)11(2)17-18)9-12(19)10-20-13-7-5-4-6-8-13/h4-8H,3,9-10H2,1-2H3. The number of Topliss-reactive ketones (excluding diaryl/α,β-unsaturated/α-hetero) is 1. The number of rotatable bonds is 6. The number of aryl methyl sites for hydroxylation is 2. The fourth-order valence-electron chi connectivity index (χ4n) is 1.96. The van der Waals surface area contributed by atoms with Crippen molar-refractivity contribution in [2.45, 2.75) is 26.8 Å². The third kappa shape index (κ3) is 3.48. The van der Waals surface area contributed by atoms with Gasteiger partial charge in [0.2, 0.25) is 0 Å². The second-order valence-electron chi connectivity index (χ2n) is 4.48. The van der Waals surface area contributed by atoms with Crippen LogP contribution in [-0.4, -0.2) is 22.2 Å². The summed E-state index contributed by atoms with van der Waals surface area (Å²) in [5.41, 5.74) is 1.81. The summed E-state index contributed by atoms with van der Waals surface area (Å²) in [5, 5.41) is 4.38. The van der Waals surface area contributed by atoms with Crippen LogP contribution in [0, 0.1) is 6.92 Å². The molecule has 2 rings (SSSR count). The topological polar surface area (TPSA) is 44.1 Å². The van der Waals surface area contributed by atoms with Crippen molar-refractivity contribution in [2.24, 2.45) is 0 Å². The fourth-order valence-corrected chi connectivity index (χ4v) is 2.38. The lowest BCUT2D eigenvalue weighted by molar-refractivity contribution is -0.120. The second-order valence-corrected chi connectivity index (χ2v) is 5.27. The zero-order valence-electron chi connectivity index (χ0n) is 11.6. The smallest absolute Gasteiger partial charge is 0.176 e. The van der Waals surface area contributed by atoms with Crippen molar-refractivity contribution in [3.05, 3.63) is 46.2 Å². The SMILES string of the molecule is CCn1nc(C)c(Br)c1CC(=O)COc1ccccc1. The van der Waals surface area contributed by atoms with Crippen LogP contribution < -0.4 is 4.74 Å². The van der Waals surface area contributed by atoms with Gasteiger partial charge in [0.05, 0.1) is 22.3 Å². The summed E-state index contributed by atoms with van der Waals surface area (Å²) < 4.78 is 8.22. The molecule has 0 aliphatic heterocycles. The quantitative estimate of drug-likeness (QED) is 0.813. The number of aromatic nitrogens is 2. The number of benzene rings is 1. The molecule has 1 aromatic carbocycles. The van der Waals surface area contributed by atoms with E-state index < -0.39 is 0 Å². The van der Waals surface area contributed by atoms with Crippen molar-refractivity contribution in [3.8, 4) is 5.75 Å². The number of carbonyl (C=O) groups excluding carboxylic acids is 1. The lowest BCUT2D eigenvalue weighted by Crippen LogP contribution is -2.16. The van der Waals surface area contributed by atoms with Crippen LogP contribution in [0.3, 0.4) is 0 Å². The first-order valence-corrected chi connectivity index (χ1v) is 7.32. The predicted molar refractivity (Wildman–Crippen MR) is 81.0 cm³/mol. The van der Waals surface area contributed by atoms with Gasteiger partial charge < -0.3 is 4.74 Å². The van der Waals surface area contributed by atoms with Crippen molar-refractivity contribution < 1.29 is 9.53 Å². The van der Waals surface area contributed by atoms with Gasteiger partial charge in [-0.25, -0.2) is 0 Å². The lowest BCUT2D eigenvalue weighted by Gasteiger charge is -2.07. The van der Waals surface area contributed by atoms with Crippen LogP contribution in [0.1, 0.15) is 18.3 Å². The van der Waals surface area contributed by atoms with Gasteiger partial charge in [0.1, 0.15) is 12.4 Å². The third-order valence-corrected chi connectivity index (χ3v) is 3.99. The molecule has 0 aliphatic carbocycles. The summed E-state index contributed by atoms with van der Waals surface area (Å²) in [6, 6.07) is 9.35. The van der Waals surface area contributed by atoms with E-state index in [2.05, 4.69) is 21.0 Å². The van der Waals surface area contributed by atoms with E-state index in [1.807, 2.05) is 48.9 Å². The van der Waals surface area contributed by atoms with Crippen LogP contribution >= 0.6 is 15.9 Å². The summed E-state index contributed by atoms with van der Waals surface area (Å²) in [5.74, 6) is 0.740. The number of halogens is 1. The maximum Gasteiger partial charge on any atom is 0.176 e. The molecule has 20 heavy (non-hydrogen) atoms. The first kappa shape index (κ1) is 14.8. The summed E-state index contributed by atoms with van der Waals surface area (Å²) in [4.78, 5) is 12.0. The molecule has 1 heterocycles. The Balaban J connectivity index is 1.98. The first-order valence-electron chi connectivity index (χ1n) is 6.53. The molecule has 0 bridgehead atoms. The van der Waals surface area contributed by atoms with Crippen molar-refractivity contribution in [3.63, 3.8) is 0 Å². The number of ketones is 1. The van der Waals surface area contributed by atoms with Gasteiger partial charge in [-0.2, -0.15) is 5.10 Å². The highest BCUT2D eigenvalue weighted by Gasteiger charge is 2.15. The van der Waals surface area contributed by atoms with E-state index in [1.54, 1.807) is 0 Å². The normalized spacial score (nSPS) is 10.6. The summed E-state index contributed by atoms with van der Waals surface area (Å²) in [6.07, 6.45) is 0.322. The average molecular weight is 337 g/mol. The predicted octanol–water partition coefficient (Wildman–Crippen LogP) is 3.16. The minimum atomic E-state index is 0.0316. The molecule has 0 N–H and O–H groups in total. The van der Waals surface area contributed by atoms with Crippen LogP contribution in [0.5, 0.6) is 5.75 Å². The zero-order valence-corrected chi connectivity index (χ0v) is 13.2. The third-order valence-electron chi connectivity index (χ3n) is 2.96. The van der Waals surface area contributed by atoms with E-state index in [9.17, 15) is 4.79 Å². The molecule has 0 saturated carbocycles. The molecule has 106 valence electrons. The van der Waals surface area contributed by atoms with Crippen LogP contribution in [0.15, 0.2) is 34.8 Å². The van der Waals surface area contributed by atoms with E-state index in [-0.39, 0.29) is 12.4 Å². The Morgan fingerprint density at radius 2 is 2.05 bits per heavy atom. The summed E-state index contributed by atoms with van der Waals surface area (Å²) >= 11 is 3.49. The average Bonchev–Trinajstić information content (AvgIpc) is 2.74. The van der Waals surface area contributed by atoms with Crippen molar-refractivity contribution in [1.29, 1.82) is 0 Å². The minimum absolute atomic E-state index is 0.0316. The van der Waals surface area contributed by atoms with Gasteiger partial charge in [0.25, 0.3) is 0 Å². The maximum atomic E-state index is 12.0. The number of ether oxygens (including phenoxy) is 1. The van der Waals surface area contributed by atoms with Gasteiger partial charge in [-0.3, -0.25) is 9.48 Å². The molecule has 0 atom stereocenters. The van der Waals surface area contributed by atoms with E-state index in [0.29, 0.717) is 12.2 Å². The van der Waals surface area contributed by atoms with Gasteiger partial charge in [-0.15, -0.1) is 0 Å². The molecule has 0 radical (unpaired) electrons. The van der Waals surface area contributed by atoms with Gasteiger partial charge in [-0.05, 0) is 41.9 Å². The Bertz CT molecular complexity index is 593. The monoisotopic (exact) mass is 336 g/mol. The van der Waals surface area contributed by atoms with Crippen molar-refractivity contribution in [2.75, 3.05) is 6.61 Å². The van der Waals surface area contributed by atoms with Gasteiger partial charge in [0, 0.05) is 6.54 Å². The van der Waals surface area contributed by atoms with Crippen LogP contribution in [0.2, 0.25) is 0 Å². The Morgan fingerprint density at radius 1 is 1.35 bits per heavy atom. The number of carbonyl (C=O) groups is 1. The van der Waals surface area contributed by atoms with Gasteiger partial charge in [0.15, 0.2) is 5.78 Å². The molecule has 2 aromatic rings. The fraction of sp³-hybridized carbons (Fsp3) is 0.333. The number of para-hydroxylation sites is 1. The zero-order chi connectivity index (χ0) is 14.5. The number of nitrogens with zero attached hydrogens (tertiary/aromatic N) is 2. The van der Waals surface area contributed by atoms with E-state index >= 15 is 0 Å². The highest BCUT2D eigenvalue weighted by molar-refractivity contribution is 9.10. The van der Waals surface area contributed by atoms with Crippen LogP contribution in [0.4, 0.5) is 0 Å². The van der Waals surface area contributed by atoms with Gasteiger partial charge in [-0.1, -0.05) is 18.2 Å². The molecule has 0 amide bonds. The highest BCUT2D eigenvalue weighted by atomic mass is 79.9. The Kier molecular flexibility index (Phi) is 4.95. The molecule has 5 heteroatoms. The number of hydrogen-bond donors (Lipinski definition) is 0. The van der Waals surface area contributed by atoms with E-state index in [4.69, 9.17) is 4.74 Å². The van der Waals surface area contributed by atoms with E-state index in [1.165, 1.54) is 0 Å². The largest absolute Gasteiger partial charge is 0.486 e. The van der Waals surface area contributed by atoms with Gasteiger partial charge >= 0.3 is 0 Å². The molecule has 4 nitrogen and oxygen atoms in total. The molecular formula is C15H17BrN2O2. The molecule has 0 spiro atoms. The summed E-state index contributed by atoms with van der Waals surface area (Å²) in [6.45, 7) is 4.75. The molecule has 0 fully saturated rings. The molecular weight excluding hydrogens is 320 g/mol. The van der Waals surface area contributed by atoms with Crippen LogP contribution in [0.25, 0.3) is 0 Å².